The van der Waals surface area contributed by atoms with Crippen molar-refractivity contribution in [3.63, 3.8) is 0 Å². The molecule has 0 amide bonds. The summed E-state index contributed by atoms with van der Waals surface area (Å²) in [7, 11) is -1.25. The maximum atomic E-state index is 14.0. The number of rotatable bonds is 9. The van der Waals surface area contributed by atoms with E-state index in [9.17, 15) is 9.36 Å². The number of hydrogen-bond acceptors (Lipinski definition) is 3. The van der Waals surface area contributed by atoms with Gasteiger partial charge in [-0.3, -0.25) is 9.36 Å². The second-order valence-electron chi connectivity index (χ2n) is 6.50. The summed E-state index contributed by atoms with van der Waals surface area (Å²) in [5.74, 6) is 0.622. The Morgan fingerprint density at radius 2 is 1.69 bits per heavy atom. The summed E-state index contributed by atoms with van der Waals surface area (Å²) in [5.41, 5.74) is 0.853. The van der Waals surface area contributed by atoms with Crippen LogP contribution in [0.5, 0.6) is 5.75 Å². The molecule has 2 aromatic rings. The SMILES string of the molecule is C=CCP(=O)(CC=C)[C@](C)(CC(=O)n1cccc1)c1ccc(OC)cc1. The third-order valence-electron chi connectivity index (χ3n) is 4.85. The number of hydrogen-bond donors (Lipinski definition) is 0. The average molecular weight is 371 g/mol. The fourth-order valence-electron chi connectivity index (χ4n) is 3.21. The molecule has 0 N–H and O–H groups in total. The molecular weight excluding hydrogens is 345 g/mol. The molecule has 138 valence electrons. The fraction of sp³-hybridized carbons (Fsp3) is 0.286. The normalized spacial score (nSPS) is 13.6. The molecular formula is C21H26NO3P. The molecule has 0 aliphatic rings. The number of ether oxygens (including phenoxy) is 1. The van der Waals surface area contributed by atoms with E-state index in [0.29, 0.717) is 12.3 Å². The first-order chi connectivity index (χ1) is 12.4. The Labute approximate surface area is 155 Å². The molecule has 0 fully saturated rings. The van der Waals surface area contributed by atoms with Gasteiger partial charge in [0.1, 0.15) is 12.9 Å². The number of carbonyl (C=O) groups is 1. The highest BCUT2D eigenvalue weighted by Crippen LogP contribution is 2.65. The lowest BCUT2D eigenvalue weighted by Gasteiger charge is -2.37. The molecule has 0 spiro atoms. The number of carbonyl (C=O) groups excluding carboxylic acids is 1. The third kappa shape index (κ3) is 3.91. The summed E-state index contributed by atoms with van der Waals surface area (Å²) in [4.78, 5) is 12.8. The van der Waals surface area contributed by atoms with Crippen molar-refractivity contribution in [3.05, 3.63) is 79.7 Å². The predicted molar refractivity (Wildman–Crippen MR) is 108 cm³/mol. The largest absolute Gasteiger partial charge is 0.497 e. The van der Waals surface area contributed by atoms with Crippen LogP contribution >= 0.6 is 7.14 Å². The summed E-state index contributed by atoms with van der Waals surface area (Å²) in [6, 6.07) is 11.0. The highest BCUT2D eigenvalue weighted by molar-refractivity contribution is 7.65. The van der Waals surface area contributed by atoms with E-state index < -0.39 is 12.3 Å². The van der Waals surface area contributed by atoms with Crippen LogP contribution in [-0.2, 0) is 9.72 Å². The van der Waals surface area contributed by atoms with Gasteiger partial charge in [0.2, 0.25) is 5.91 Å². The molecule has 1 aromatic heterocycles. The molecule has 1 aromatic carbocycles. The van der Waals surface area contributed by atoms with Crippen molar-refractivity contribution in [1.29, 1.82) is 0 Å². The maximum absolute atomic E-state index is 14.0. The third-order valence-corrected chi connectivity index (χ3v) is 8.76. The van der Waals surface area contributed by atoms with Crippen LogP contribution in [0.4, 0.5) is 0 Å². The molecule has 5 heteroatoms. The van der Waals surface area contributed by atoms with Crippen LogP contribution in [-0.4, -0.2) is 29.9 Å². The maximum Gasteiger partial charge on any atom is 0.231 e. The molecule has 0 unspecified atom stereocenters. The van der Waals surface area contributed by atoms with Crippen molar-refractivity contribution < 1.29 is 14.1 Å². The van der Waals surface area contributed by atoms with E-state index in [2.05, 4.69) is 13.2 Å². The predicted octanol–water partition coefficient (Wildman–Crippen LogP) is 5.18. The number of aromatic nitrogens is 1. The quantitative estimate of drug-likeness (QED) is 0.451. The number of benzene rings is 1. The van der Waals surface area contributed by atoms with Crippen molar-refractivity contribution >= 4 is 13.0 Å². The van der Waals surface area contributed by atoms with E-state index in [1.54, 1.807) is 43.8 Å². The van der Waals surface area contributed by atoms with Crippen LogP contribution < -0.4 is 4.74 Å². The Bertz CT molecular complexity index is 794. The van der Waals surface area contributed by atoms with Gasteiger partial charge in [-0.15, -0.1) is 13.2 Å². The van der Waals surface area contributed by atoms with E-state index in [4.69, 9.17) is 4.74 Å². The zero-order valence-corrected chi connectivity index (χ0v) is 16.3. The highest BCUT2D eigenvalue weighted by atomic mass is 31.2. The van der Waals surface area contributed by atoms with Crippen LogP contribution in [0.2, 0.25) is 0 Å². The standard InChI is InChI=1S/C21H26NO3P/c1-5-15-26(24,16-6-2)21(3,17-20(23)22-13-7-8-14-22)18-9-11-19(25-4)12-10-18/h5-14H,1-2,15-17H2,3-4H3/t21-/m1/s1. The molecule has 0 aliphatic carbocycles. The Morgan fingerprint density at radius 3 is 2.15 bits per heavy atom. The van der Waals surface area contributed by atoms with E-state index in [1.165, 1.54) is 4.57 Å². The van der Waals surface area contributed by atoms with E-state index in [1.807, 2.05) is 31.2 Å². The zero-order valence-electron chi connectivity index (χ0n) is 15.4. The van der Waals surface area contributed by atoms with Gasteiger partial charge in [0, 0.05) is 31.1 Å². The number of allylic oxidation sites excluding steroid dienone is 2. The van der Waals surface area contributed by atoms with Gasteiger partial charge in [-0.05, 0) is 36.8 Å². The van der Waals surface area contributed by atoms with Gasteiger partial charge in [-0.2, -0.15) is 0 Å². The van der Waals surface area contributed by atoms with Gasteiger partial charge in [0.25, 0.3) is 0 Å². The smallest absolute Gasteiger partial charge is 0.231 e. The van der Waals surface area contributed by atoms with Crippen LogP contribution in [0.3, 0.4) is 0 Å². The summed E-state index contributed by atoms with van der Waals surface area (Å²) >= 11 is 0. The minimum absolute atomic E-state index is 0.0957. The second-order valence-corrected chi connectivity index (χ2v) is 9.99. The molecule has 4 nitrogen and oxygen atoms in total. The lowest BCUT2D eigenvalue weighted by atomic mass is 9.96. The topological polar surface area (TPSA) is 48.3 Å². The van der Waals surface area contributed by atoms with Crippen molar-refractivity contribution in [2.24, 2.45) is 0 Å². The Balaban J connectivity index is 2.54. The van der Waals surface area contributed by atoms with Gasteiger partial charge < -0.3 is 9.30 Å². The first-order valence-corrected chi connectivity index (χ1v) is 10.6. The molecule has 2 rings (SSSR count). The summed E-state index contributed by atoms with van der Waals surface area (Å²) in [5, 5.41) is -0.830. The summed E-state index contributed by atoms with van der Waals surface area (Å²) in [6.45, 7) is 9.46. The Hall–Kier alpha value is -2.32. The zero-order chi connectivity index (χ0) is 19.2. The molecule has 1 heterocycles. The Morgan fingerprint density at radius 1 is 1.15 bits per heavy atom. The molecule has 0 saturated heterocycles. The summed E-state index contributed by atoms with van der Waals surface area (Å²) < 4.78 is 20.7. The minimum atomic E-state index is -2.85. The highest BCUT2D eigenvalue weighted by Gasteiger charge is 2.45. The number of methoxy groups -OCH3 is 1. The van der Waals surface area contributed by atoms with Crippen LogP contribution in [0.1, 0.15) is 23.7 Å². The molecule has 1 atom stereocenters. The van der Waals surface area contributed by atoms with Gasteiger partial charge in [0.15, 0.2) is 0 Å². The molecule has 0 bridgehead atoms. The second kappa shape index (κ2) is 8.37. The molecule has 0 radical (unpaired) electrons. The molecule has 0 saturated carbocycles. The molecule has 26 heavy (non-hydrogen) atoms. The average Bonchev–Trinajstić information content (AvgIpc) is 3.17. The van der Waals surface area contributed by atoms with Crippen LogP contribution in [0.25, 0.3) is 0 Å². The summed E-state index contributed by atoms with van der Waals surface area (Å²) in [6.07, 6.45) is 7.60. The van der Waals surface area contributed by atoms with Crippen molar-refractivity contribution in [3.8, 4) is 5.75 Å². The van der Waals surface area contributed by atoms with E-state index in [0.717, 1.165) is 11.3 Å². The van der Waals surface area contributed by atoms with Gasteiger partial charge in [0.05, 0.1) is 12.3 Å². The monoisotopic (exact) mass is 371 g/mol. The van der Waals surface area contributed by atoms with Crippen LogP contribution in [0, 0.1) is 0 Å². The first kappa shape index (κ1) is 20.0. The van der Waals surface area contributed by atoms with Crippen molar-refractivity contribution in [2.45, 2.75) is 18.5 Å². The lowest BCUT2D eigenvalue weighted by molar-refractivity contribution is 0.0888. The Kier molecular flexibility index (Phi) is 6.44. The number of nitrogens with zero attached hydrogens (tertiary/aromatic N) is 1. The fourth-order valence-corrected chi connectivity index (χ4v) is 6.04. The molecule has 0 aliphatic heterocycles. The van der Waals surface area contributed by atoms with E-state index >= 15 is 0 Å². The van der Waals surface area contributed by atoms with Crippen LogP contribution in [0.15, 0.2) is 74.1 Å². The minimum Gasteiger partial charge on any atom is -0.497 e. The van der Waals surface area contributed by atoms with Crippen molar-refractivity contribution in [1.82, 2.24) is 4.57 Å². The van der Waals surface area contributed by atoms with Crippen molar-refractivity contribution in [2.75, 3.05) is 19.4 Å². The van der Waals surface area contributed by atoms with E-state index in [-0.39, 0.29) is 12.3 Å². The van der Waals surface area contributed by atoms with Gasteiger partial charge in [-0.25, -0.2) is 0 Å². The lowest BCUT2D eigenvalue weighted by Crippen LogP contribution is -2.30. The first-order valence-electron chi connectivity index (χ1n) is 8.51. The van der Waals surface area contributed by atoms with Gasteiger partial charge in [-0.1, -0.05) is 24.3 Å². The van der Waals surface area contributed by atoms with Gasteiger partial charge >= 0.3 is 0 Å².